The van der Waals surface area contributed by atoms with Gasteiger partial charge in [-0.25, -0.2) is 9.80 Å². The number of amides is 2. The summed E-state index contributed by atoms with van der Waals surface area (Å²) in [5.41, 5.74) is 1.54. The van der Waals surface area contributed by atoms with Gasteiger partial charge in [0.1, 0.15) is 11.5 Å². The third-order valence-electron chi connectivity index (χ3n) is 4.04. The number of carboxylic acid groups (broad SMARTS) is 1. The fourth-order valence-corrected chi connectivity index (χ4v) is 2.72. The summed E-state index contributed by atoms with van der Waals surface area (Å²) in [7, 11) is 1.46. The van der Waals surface area contributed by atoms with E-state index in [-0.39, 0.29) is 24.5 Å². The third-order valence-corrected chi connectivity index (χ3v) is 4.04. The van der Waals surface area contributed by atoms with Crippen LogP contribution in [0.15, 0.2) is 23.3 Å². The first-order valence-electron chi connectivity index (χ1n) is 7.59. The topological polar surface area (TPSA) is 108 Å². The summed E-state index contributed by atoms with van der Waals surface area (Å²) in [6.07, 6.45) is 1.08. The molecule has 3 rings (SSSR count). The molecular weight excluding hydrogens is 314 g/mol. The van der Waals surface area contributed by atoms with E-state index in [1.54, 1.807) is 18.2 Å². The van der Waals surface area contributed by atoms with Crippen LogP contribution in [0.25, 0.3) is 0 Å². The van der Waals surface area contributed by atoms with Gasteiger partial charge in [0.25, 0.3) is 5.91 Å². The van der Waals surface area contributed by atoms with E-state index in [1.165, 1.54) is 7.05 Å². The summed E-state index contributed by atoms with van der Waals surface area (Å²) in [5.74, 6) is -1.19. The summed E-state index contributed by atoms with van der Waals surface area (Å²) < 4.78 is 5.40. The molecule has 24 heavy (non-hydrogen) atoms. The number of hydrogen-bond acceptors (Lipinski definition) is 5. The Bertz CT molecular complexity index is 743. The molecule has 0 radical (unpaired) electrons. The lowest BCUT2D eigenvalue weighted by atomic mass is 10.0. The molecule has 8 heteroatoms. The van der Waals surface area contributed by atoms with Crippen molar-refractivity contribution in [2.75, 3.05) is 13.7 Å². The number of carboxylic acids is 1. The molecule has 126 valence electrons. The number of hydrazone groups is 1. The number of aliphatic carboxylic acids is 1. The third kappa shape index (κ3) is 3.08. The predicted octanol–water partition coefficient (Wildman–Crippen LogP) is 0.472. The molecule has 8 nitrogen and oxygen atoms in total. The highest BCUT2D eigenvalue weighted by Crippen LogP contribution is 2.28. The van der Waals surface area contributed by atoms with Crippen LogP contribution in [0, 0.1) is 0 Å². The first kappa shape index (κ1) is 16.0. The van der Waals surface area contributed by atoms with Crippen LogP contribution in [0.3, 0.4) is 0 Å². The molecule has 1 aromatic carbocycles. The van der Waals surface area contributed by atoms with Gasteiger partial charge in [0, 0.05) is 26.3 Å². The van der Waals surface area contributed by atoms with Crippen LogP contribution in [-0.4, -0.2) is 47.3 Å². The van der Waals surface area contributed by atoms with E-state index in [0.717, 1.165) is 16.3 Å². The van der Waals surface area contributed by atoms with E-state index < -0.39 is 17.9 Å². The maximum absolute atomic E-state index is 12.3. The van der Waals surface area contributed by atoms with E-state index in [0.29, 0.717) is 18.6 Å². The number of hydrogen-bond donors (Lipinski definition) is 2. The number of carbonyl (C=O) groups is 3. The summed E-state index contributed by atoms with van der Waals surface area (Å²) in [5, 5.41) is 16.9. The molecule has 2 N–H and O–H groups in total. The lowest BCUT2D eigenvalue weighted by Gasteiger charge is -2.21. The van der Waals surface area contributed by atoms with Gasteiger partial charge in [-0.1, -0.05) is 6.07 Å². The molecule has 0 saturated heterocycles. The van der Waals surface area contributed by atoms with Crippen LogP contribution in [-0.2, 0) is 20.8 Å². The lowest BCUT2D eigenvalue weighted by molar-refractivity contribution is -0.141. The van der Waals surface area contributed by atoms with Gasteiger partial charge in [-0.15, -0.1) is 0 Å². The van der Waals surface area contributed by atoms with Crippen molar-refractivity contribution >= 4 is 23.5 Å². The van der Waals surface area contributed by atoms with Gasteiger partial charge in [-0.3, -0.25) is 9.59 Å². The van der Waals surface area contributed by atoms with Crippen molar-refractivity contribution in [3.63, 3.8) is 0 Å². The Kier molecular flexibility index (Phi) is 4.20. The van der Waals surface area contributed by atoms with Gasteiger partial charge in [0.2, 0.25) is 5.91 Å². The zero-order valence-corrected chi connectivity index (χ0v) is 13.1. The highest BCUT2D eigenvalue weighted by atomic mass is 16.5. The second-order valence-corrected chi connectivity index (χ2v) is 5.67. The normalized spacial score (nSPS) is 17.6. The summed E-state index contributed by atoms with van der Waals surface area (Å²) in [4.78, 5) is 35.3. The monoisotopic (exact) mass is 331 g/mol. The number of benzene rings is 1. The zero-order valence-electron chi connectivity index (χ0n) is 13.1. The van der Waals surface area contributed by atoms with Gasteiger partial charge in [-0.05, 0) is 23.3 Å². The lowest BCUT2D eigenvalue weighted by Crippen LogP contribution is -2.41. The minimum atomic E-state index is -1.19. The van der Waals surface area contributed by atoms with Crippen molar-refractivity contribution in [3.05, 3.63) is 29.3 Å². The molecule has 2 aliphatic rings. The maximum Gasteiger partial charge on any atom is 0.330 e. The molecule has 2 heterocycles. The quantitative estimate of drug-likeness (QED) is 0.834. The van der Waals surface area contributed by atoms with Crippen molar-refractivity contribution in [1.29, 1.82) is 0 Å². The molecule has 0 bridgehead atoms. The van der Waals surface area contributed by atoms with Gasteiger partial charge in [-0.2, -0.15) is 5.10 Å². The molecule has 0 aliphatic carbocycles. The molecule has 2 amide bonds. The minimum absolute atomic E-state index is 0.146. The van der Waals surface area contributed by atoms with Gasteiger partial charge in [0.05, 0.1) is 6.61 Å². The van der Waals surface area contributed by atoms with Crippen molar-refractivity contribution in [1.82, 2.24) is 10.3 Å². The Labute approximate surface area is 138 Å². The van der Waals surface area contributed by atoms with E-state index in [4.69, 9.17) is 4.74 Å². The second kappa shape index (κ2) is 6.31. The molecule has 1 unspecified atom stereocenters. The summed E-state index contributed by atoms with van der Waals surface area (Å²) in [6.45, 7) is 0.569. The van der Waals surface area contributed by atoms with Crippen LogP contribution in [0.1, 0.15) is 30.0 Å². The van der Waals surface area contributed by atoms with Gasteiger partial charge in [0.15, 0.2) is 6.04 Å². The van der Waals surface area contributed by atoms with Crippen molar-refractivity contribution in [2.24, 2.45) is 5.10 Å². The van der Waals surface area contributed by atoms with Gasteiger partial charge >= 0.3 is 5.97 Å². The van der Waals surface area contributed by atoms with Crippen molar-refractivity contribution in [2.45, 2.75) is 25.3 Å². The number of ether oxygens (including phenoxy) is 1. The smallest absolute Gasteiger partial charge is 0.330 e. The van der Waals surface area contributed by atoms with Crippen LogP contribution >= 0.6 is 0 Å². The molecular formula is C16H17N3O5. The highest BCUT2D eigenvalue weighted by molar-refractivity contribution is 6.39. The number of nitrogens with zero attached hydrogens (tertiary/aromatic N) is 2. The predicted molar refractivity (Wildman–Crippen MR) is 83.6 cm³/mol. The SMILES string of the molecule is CN1N=C(C(=O)NC(C(=O)O)c2ccc3c(c2)CCO3)CCC1=O. The standard InChI is InChI=1S/C16H17N3O5/c1-19-13(20)5-3-11(18-19)15(21)17-14(16(22)23)10-2-4-12-9(8-10)6-7-24-12/h2,4,8,14H,3,5-7H2,1H3,(H,17,21)(H,22,23). The van der Waals surface area contributed by atoms with E-state index >= 15 is 0 Å². The van der Waals surface area contributed by atoms with Crippen LogP contribution in [0.2, 0.25) is 0 Å². The number of fused-ring (bicyclic) bond motifs is 1. The Morgan fingerprint density at radius 2 is 2.12 bits per heavy atom. The Morgan fingerprint density at radius 1 is 1.33 bits per heavy atom. The Morgan fingerprint density at radius 3 is 2.83 bits per heavy atom. The molecule has 0 spiro atoms. The van der Waals surface area contributed by atoms with E-state index in [1.807, 2.05) is 0 Å². The Balaban J connectivity index is 1.80. The van der Waals surface area contributed by atoms with E-state index in [2.05, 4.69) is 10.4 Å². The summed E-state index contributed by atoms with van der Waals surface area (Å²) >= 11 is 0. The number of carbonyl (C=O) groups excluding carboxylic acids is 2. The largest absolute Gasteiger partial charge is 0.493 e. The fraction of sp³-hybridized carbons (Fsp3) is 0.375. The fourth-order valence-electron chi connectivity index (χ4n) is 2.72. The summed E-state index contributed by atoms with van der Waals surface area (Å²) in [6, 6.07) is 3.89. The first-order chi connectivity index (χ1) is 11.5. The number of rotatable bonds is 4. The molecule has 1 aromatic rings. The average Bonchev–Trinajstić information content (AvgIpc) is 3.02. The Hall–Kier alpha value is -2.90. The van der Waals surface area contributed by atoms with Crippen LogP contribution in [0.5, 0.6) is 5.75 Å². The number of nitrogens with one attached hydrogen (secondary N) is 1. The maximum atomic E-state index is 12.3. The molecule has 0 saturated carbocycles. The van der Waals surface area contributed by atoms with E-state index in [9.17, 15) is 19.5 Å². The zero-order chi connectivity index (χ0) is 17.3. The first-order valence-corrected chi connectivity index (χ1v) is 7.59. The van der Waals surface area contributed by atoms with Gasteiger partial charge < -0.3 is 15.2 Å². The van der Waals surface area contributed by atoms with Crippen LogP contribution in [0.4, 0.5) is 0 Å². The molecule has 2 aliphatic heterocycles. The molecule has 0 fully saturated rings. The average molecular weight is 331 g/mol. The van der Waals surface area contributed by atoms with Crippen molar-refractivity contribution in [3.8, 4) is 5.75 Å². The van der Waals surface area contributed by atoms with Crippen molar-refractivity contribution < 1.29 is 24.2 Å². The second-order valence-electron chi connectivity index (χ2n) is 5.67. The van der Waals surface area contributed by atoms with Crippen LogP contribution < -0.4 is 10.1 Å². The molecule has 0 aromatic heterocycles. The highest BCUT2D eigenvalue weighted by Gasteiger charge is 2.28. The molecule has 1 atom stereocenters. The minimum Gasteiger partial charge on any atom is -0.493 e.